The van der Waals surface area contributed by atoms with Gasteiger partial charge in [0.05, 0.1) is 31.4 Å². The van der Waals surface area contributed by atoms with E-state index in [4.69, 9.17) is 23.8 Å². The minimum absolute atomic E-state index is 0.0824. The highest BCUT2D eigenvalue weighted by Gasteiger charge is 2.07. The van der Waals surface area contributed by atoms with Crippen LogP contribution in [-0.2, 0) is 0 Å². The summed E-state index contributed by atoms with van der Waals surface area (Å²) in [5, 5.41) is 6.31. The van der Waals surface area contributed by atoms with Crippen molar-refractivity contribution in [1.29, 1.82) is 0 Å². The fraction of sp³-hybridized carbons (Fsp3) is 0.417. The summed E-state index contributed by atoms with van der Waals surface area (Å²) in [7, 11) is 4.19. The zero-order chi connectivity index (χ0) is 13.5. The molecule has 0 unspecified atom stereocenters. The van der Waals surface area contributed by atoms with E-state index in [2.05, 4.69) is 24.7 Å². The van der Waals surface area contributed by atoms with Crippen LogP contribution in [0.5, 0.6) is 0 Å². The van der Waals surface area contributed by atoms with E-state index < -0.39 is 5.82 Å². The smallest absolute Gasteiger partial charge is 0.170 e. The number of hydrogen-bond donors (Lipinski definition) is 3. The van der Waals surface area contributed by atoms with Crippen LogP contribution >= 0.6 is 23.8 Å². The first-order valence-corrected chi connectivity index (χ1v) is 6.57. The van der Waals surface area contributed by atoms with Crippen LogP contribution in [0.25, 0.3) is 0 Å². The lowest BCUT2D eigenvalue weighted by Gasteiger charge is -2.12. The summed E-state index contributed by atoms with van der Waals surface area (Å²) in [6.45, 7) is 1.82. The Kier molecular flexibility index (Phi) is 6.32. The van der Waals surface area contributed by atoms with Gasteiger partial charge in [0.1, 0.15) is 0 Å². The predicted octanol–water partition coefficient (Wildman–Crippen LogP) is 1.30. The molecule has 100 valence electrons. The van der Waals surface area contributed by atoms with Crippen molar-refractivity contribution in [3.63, 3.8) is 0 Å². The van der Waals surface area contributed by atoms with Crippen LogP contribution in [0.4, 0.5) is 10.1 Å². The highest BCUT2D eigenvalue weighted by Crippen LogP contribution is 2.21. The van der Waals surface area contributed by atoms with Crippen LogP contribution in [0, 0.1) is 5.82 Å². The first-order chi connectivity index (χ1) is 8.50. The highest BCUT2D eigenvalue weighted by atomic mass is 35.5. The van der Waals surface area contributed by atoms with Crippen LogP contribution in [0.1, 0.15) is 6.42 Å². The van der Waals surface area contributed by atoms with Gasteiger partial charge in [-0.25, -0.2) is 4.39 Å². The second-order valence-electron chi connectivity index (χ2n) is 4.29. The van der Waals surface area contributed by atoms with Crippen molar-refractivity contribution in [2.45, 2.75) is 6.42 Å². The molecular weight excluding hydrogens is 273 g/mol. The Hall–Kier alpha value is -0.910. The molecule has 0 amide bonds. The molecule has 0 heterocycles. The van der Waals surface area contributed by atoms with Gasteiger partial charge in [-0.1, -0.05) is 17.7 Å². The molecule has 0 fully saturated rings. The van der Waals surface area contributed by atoms with Crippen LogP contribution in [0.2, 0.25) is 5.02 Å². The Balaban J connectivity index is 2.38. The summed E-state index contributed by atoms with van der Waals surface area (Å²) in [6, 6.07) is 4.77. The number of hydrogen-bond acceptors (Lipinski definition) is 1. The van der Waals surface area contributed by atoms with E-state index in [0.29, 0.717) is 10.8 Å². The number of nitrogens with one attached hydrogen (secondary N) is 3. The first-order valence-electron chi connectivity index (χ1n) is 5.78. The molecule has 0 spiro atoms. The molecule has 0 aliphatic heterocycles. The second kappa shape index (κ2) is 7.51. The minimum Gasteiger partial charge on any atom is -0.362 e. The third-order valence-electron chi connectivity index (χ3n) is 2.34. The Morgan fingerprint density at radius 3 is 2.83 bits per heavy atom. The van der Waals surface area contributed by atoms with Gasteiger partial charge < -0.3 is 15.5 Å². The van der Waals surface area contributed by atoms with Crippen LogP contribution in [-0.4, -0.2) is 32.3 Å². The van der Waals surface area contributed by atoms with Crippen molar-refractivity contribution in [2.75, 3.05) is 32.5 Å². The van der Waals surface area contributed by atoms with Gasteiger partial charge >= 0.3 is 0 Å². The van der Waals surface area contributed by atoms with Crippen molar-refractivity contribution < 1.29 is 9.29 Å². The largest absolute Gasteiger partial charge is 0.362 e. The lowest BCUT2D eigenvalue weighted by Crippen LogP contribution is -3.05. The van der Waals surface area contributed by atoms with Gasteiger partial charge in [-0.2, -0.15) is 0 Å². The summed E-state index contributed by atoms with van der Waals surface area (Å²) in [5.41, 5.74) is 0.290. The molecule has 0 aromatic heterocycles. The van der Waals surface area contributed by atoms with E-state index in [1.54, 1.807) is 12.1 Å². The number of rotatable bonds is 5. The quantitative estimate of drug-likeness (QED) is 0.564. The third kappa shape index (κ3) is 5.16. The van der Waals surface area contributed by atoms with E-state index in [9.17, 15) is 4.39 Å². The highest BCUT2D eigenvalue weighted by molar-refractivity contribution is 7.80. The monoisotopic (exact) mass is 290 g/mol. The zero-order valence-electron chi connectivity index (χ0n) is 10.5. The molecule has 0 saturated carbocycles. The van der Waals surface area contributed by atoms with Crippen molar-refractivity contribution in [3.05, 3.63) is 29.0 Å². The van der Waals surface area contributed by atoms with Gasteiger partial charge in [0, 0.05) is 13.0 Å². The summed E-state index contributed by atoms with van der Waals surface area (Å²) < 4.78 is 13.6. The lowest BCUT2D eigenvalue weighted by atomic mass is 10.3. The molecule has 6 heteroatoms. The molecule has 18 heavy (non-hydrogen) atoms. The van der Waals surface area contributed by atoms with E-state index in [1.807, 2.05) is 0 Å². The van der Waals surface area contributed by atoms with E-state index in [-0.39, 0.29) is 5.02 Å². The zero-order valence-corrected chi connectivity index (χ0v) is 12.1. The topological polar surface area (TPSA) is 28.5 Å². The molecule has 1 aromatic rings. The van der Waals surface area contributed by atoms with E-state index in [0.717, 1.165) is 19.5 Å². The Morgan fingerprint density at radius 1 is 1.44 bits per heavy atom. The van der Waals surface area contributed by atoms with Crippen LogP contribution in [0.15, 0.2) is 18.2 Å². The number of quaternary nitrogens is 1. The molecule has 0 aliphatic rings. The van der Waals surface area contributed by atoms with E-state index >= 15 is 0 Å². The Morgan fingerprint density at radius 2 is 2.17 bits per heavy atom. The van der Waals surface area contributed by atoms with Crippen molar-refractivity contribution in [2.24, 2.45) is 0 Å². The van der Waals surface area contributed by atoms with Crippen molar-refractivity contribution in [1.82, 2.24) is 5.32 Å². The molecule has 0 aliphatic carbocycles. The van der Waals surface area contributed by atoms with Crippen LogP contribution < -0.4 is 15.5 Å². The number of anilines is 1. The average Bonchev–Trinajstić information content (AvgIpc) is 2.30. The predicted molar refractivity (Wildman–Crippen MR) is 77.9 cm³/mol. The van der Waals surface area contributed by atoms with Gasteiger partial charge in [-0.15, -0.1) is 0 Å². The van der Waals surface area contributed by atoms with Crippen LogP contribution in [0.3, 0.4) is 0 Å². The molecular formula is C12H18ClFN3S+. The number of halogens is 2. The normalized spacial score (nSPS) is 10.5. The minimum atomic E-state index is -0.485. The molecule has 0 atom stereocenters. The second-order valence-corrected chi connectivity index (χ2v) is 5.11. The number of benzene rings is 1. The average molecular weight is 291 g/mol. The lowest BCUT2D eigenvalue weighted by molar-refractivity contribution is -0.858. The molecule has 1 aromatic carbocycles. The summed E-state index contributed by atoms with van der Waals surface area (Å²) in [5.74, 6) is -0.485. The number of thiocarbonyl (C=S) groups is 1. The van der Waals surface area contributed by atoms with Gasteiger partial charge in [0.2, 0.25) is 0 Å². The van der Waals surface area contributed by atoms with Crippen molar-refractivity contribution >= 4 is 34.6 Å². The van der Waals surface area contributed by atoms with Crippen molar-refractivity contribution in [3.8, 4) is 0 Å². The third-order valence-corrected chi connectivity index (χ3v) is 2.88. The van der Waals surface area contributed by atoms with E-state index in [1.165, 1.54) is 11.0 Å². The Bertz CT molecular complexity index is 412. The first kappa shape index (κ1) is 15.1. The fourth-order valence-corrected chi connectivity index (χ4v) is 1.80. The summed E-state index contributed by atoms with van der Waals surface area (Å²) in [4.78, 5) is 1.39. The van der Waals surface area contributed by atoms with Gasteiger partial charge in [-0.05, 0) is 24.4 Å². The molecule has 1 rings (SSSR count). The fourth-order valence-electron chi connectivity index (χ4n) is 1.41. The molecule has 0 saturated heterocycles. The van der Waals surface area contributed by atoms with Gasteiger partial charge in [-0.3, -0.25) is 0 Å². The molecule has 0 radical (unpaired) electrons. The maximum Gasteiger partial charge on any atom is 0.170 e. The summed E-state index contributed by atoms with van der Waals surface area (Å²) in [6.07, 6.45) is 1.00. The summed E-state index contributed by atoms with van der Waals surface area (Å²) >= 11 is 10.8. The maximum absolute atomic E-state index is 13.6. The standard InChI is InChI=1S/C12H17ClFN3S/c1-17(2)8-4-7-15-12(18)16-10-6-3-5-9(13)11(10)14/h3,5-6H,4,7-8H2,1-2H3,(H2,15,16,18)/p+1. The SMILES string of the molecule is C[NH+](C)CCCNC(=S)Nc1cccc(Cl)c1F. The maximum atomic E-state index is 13.6. The van der Waals surface area contributed by atoms with Gasteiger partial charge in [0.15, 0.2) is 10.9 Å². The molecule has 3 N–H and O–H groups in total. The van der Waals surface area contributed by atoms with Gasteiger partial charge in [0.25, 0.3) is 0 Å². The molecule has 3 nitrogen and oxygen atoms in total. The Labute approximate surface area is 117 Å². The molecule has 0 bridgehead atoms.